The Bertz CT molecular complexity index is 702. The number of nitrogens with zero attached hydrogens (tertiary/aromatic N) is 3. The Hall–Kier alpha value is -2.40. The minimum absolute atomic E-state index is 0.106. The van der Waals surface area contributed by atoms with Crippen LogP contribution in [0.1, 0.15) is 29.0 Å². The summed E-state index contributed by atoms with van der Waals surface area (Å²) in [5.74, 6) is 1.47. The number of rotatable bonds is 5. The second kappa shape index (κ2) is 5.93. The van der Waals surface area contributed by atoms with Gasteiger partial charge in [0.1, 0.15) is 12.3 Å². The molecule has 108 valence electrons. The second-order valence-electron chi connectivity index (χ2n) is 5.11. The van der Waals surface area contributed by atoms with Crippen molar-refractivity contribution in [2.45, 2.75) is 25.9 Å². The summed E-state index contributed by atoms with van der Waals surface area (Å²) in [5, 5.41) is 0. The van der Waals surface area contributed by atoms with Crippen molar-refractivity contribution >= 4 is 0 Å². The second-order valence-corrected chi connectivity index (χ2v) is 5.11. The Morgan fingerprint density at radius 3 is 2.76 bits per heavy atom. The largest absolute Gasteiger partial charge is 0.444 e. The topological polar surface area (TPSA) is 69.9 Å². The molecule has 0 aliphatic carbocycles. The van der Waals surface area contributed by atoms with E-state index in [-0.39, 0.29) is 6.04 Å². The van der Waals surface area contributed by atoms with Crippen molar-refractivity contribution in [2.24, 2.45) is 5.73 Å². The summed E-state index contributed by atoms with van der Waals surface area (Å²) in [6.45, 7) is 2.43. The van der Waals surface area contributed by atoms with Crippen LogP contribution < -0.4 is 5.73 Å². The number of benzene rings is 1. The van der Waals surface area contributed by atoms with Crippen LogP contribution in [0.15, 0.2) is 53.5 Å². The Balaban J connectivity index is 1.75. The van der Waals surface area contributed by atoms with Crippen LogP contribution in [0.2, 0.25) is 0 Å². The van der Waals surface area contributed by atoms with Crippen LogP contribution in [0, 0.1) is 6.92 Å². The van der Waals surface area contributed by atoms with E-state index in [0.29, 0.717) is 12.4 Å². The zero-order chi connectivity index (χ0) is 14.7. The molecule has 0 saturated carbocycles. The van der Waals surface area contributed by atoms with Crippen molar-refractivity contribution in [3.63, 3.8) is 0 Å². The third-order valence-corrected chi connectivity index (χ3v) is 3.40. The Kier molecular flexibility index (Phi) is 3.83. The Morgan fingerprint density at radius 2 is 2.05 bits per heavy atom. The van der Waals surface area contributed by atoms with E-state index >= 15 is 0 Å². The van der Waals surface area contributed by atoms with Gasteiger partial charge in [-0.2, -0.15) is 0 Å². The van der Waals surface area contributed by atoms with E-state index in [0.717, 1.165) is 17.9 Å². The predicted molar refractivity (Wildman–Crippen MR) is 79.6 cm³/mol. The van der Waals surface area contributed by atoms with Gasteiger partial charge < -0.3 is 14.7 Å². The Morgan fingerprint density at radius 1 is 1.24 bits per heavy atom. The van der Waals surface area contributed by atoms with E-state index in [2.05, 4.69) is 22.1 Å². The molecule has 2 heterocycles. The first-order valence-corrected chi connectivity index (χ1v) is 6.93. The molecule has 1 atom stereocenters. The van der Waals surface area contributed by atoms with E-state index in [1.807, 2.05) is 35.9 Å². The molecule has 0 aliphatic heterocycles. The molecule has 5 nitrogen and oxygen atoms in total. The van der Waals surface area contributed by atoms with Crippen LogP contribution in [-0.4, -0.2) is 14.5 Å². The van der Waals surface area contributed by atoms with Gasteiger partial charge in [-0.25, -0.2) is 9.97 Å². The van der Waals surface area contributed by atoms with Gasteiger partial charge in [0, 0.05) is 6.20 Å². The van der Waals surface area contributed by atoms with E-state index < -0.39 is 0 Å². The smallest absolute Gasteiger partial charge is 0.214 e. The van der Waals surface area contributed by atoms with Gasteiger partial charge in [0.2, 0.25) is 5.89 Å². The van der Waals surface area contributed by atoms with Crippen LogP contribution in [0.25, 0.3) is 0 Å². The molecule has 0 saturated heterocycles. The molecule has 0 unspecified atom stereocenters. The molecule has 1 aromatic carbocycles. The maximum absolute atomic E-state index is 6.32. The van der Waals surface area contributed by atoms with Crippen molar-refractivity contribution < 1.29 is 4.42 Å². The number of nitrogens with two attached hydrogens (primary N) is 1. The summed E-state index contributed by atoms with van der Waals surface area (Å²) in [6.07, 6.45) is 6.07. The average molecular weight is 282 g/mol. The highest BCUT2D eigenvalue weighted by molar-refractivity contribution is 5.18. The summed E-state index contributed by atoms with van der Waals surface area (Å²) in [7, 11) is 0. The highest BCUT2D eigenvalue weighted by atomic mass is 16.4. The lowest BCUT2D eigenvalue weighted by Gasteiger charge is -2.14. The molecule has 0 aliphatic rings. The molecular weight excluding hydrogens is 264 g/mol. The zero-order valence-electron chi connectivity index (χ0n) is 11.9. The van der Waals surface area contributed by atoms with Gasteiger partial charge in [-0.1, -0.05) is 30.3 Å². The van der Waals surface area contributed by atoms with Crippen LogP contribution >= 0.6 is 0 Å². The summed E-state index contributed by atoms with van der Waals surface area (Å²) < 4.78 is 7.49. The number of hydrogen-bond acceptors (Lipinski definition) is 4. The normalized spacial score (nSPS) is 12.5. The standard InChI is InChI=1S/C16H18N4O/c1-12-8-19-16(21-12)10-20-11-18-9-15(20)14(17)7-13-5-3-2-4-6-13/h2-6,8-9,11,14H,7,10,17H2,1H3/t14-/m1/s1. The third kappa shape index (κ3) is 3.20. The van der Waals surface area contributed by atoms with Crippen LogP contribution in [-0.2, 0) is 13.0 Å². The summed E-state index contributed by atoms with van der Waals surface area (Å²) in [4.78, 5) is 8.42. The lowest BCUT2D eigenvalue weighted by atomic mass is 10.0. The number of hydrogen-bond donors (Lipinski definition) is 1. The molecular formula is C16H18N4O. The zero-order valence-corrected chi connectivity index (χ0v) is 11.9. The van der Waals surface area contributed by atoms with E-state index in [4.69, 9.17) is 10.2 Å². The van der Waals surface area contributed by atoms with Gasteiger partial charge in [-0.15, -0.1) is 0 Å². The number of imidazole rings is 1. The predicted octanol–water partition coefficient (Wildman–Crippen LogP) is 2.47. The van der Waals surface area contributed by atoms with Gasteiger partial charge in [-0.3, -0.25) is 0 Å². The number of aryl methyl sites for hydroxylation is 1. The number of aromatic nitrogens is 3. The van der Waals surface area contributed by atoms with Crippen molar-refractivity contribution in [3.05, 3.63) is 72.0 Å². The molecule has 3 aromatic rings. The summed E-state index contributed by atoms with van der Waals surface area (Å²) in [5.41, 5.74) is 8.51. The molecule has 5 heteroatoms. The molecule has 0 amide bonds. The highest BCUT2D eigenvalue weighted by Gasteiger charge is 2.14. The van der Waals surface area contributed by atoms with Crippen LogP contribution in [0.4, 0.5) is 0 Å². The fraction of sp³-hybridized carbons (Fsp3) is 0.250. The molecule has 21 heavy (non-hydrogen) atoms. The van der Waals surface area contributed by atoms with Crippen LogP contribution in [0.5, 0.6) is 0 Å². The van der Waals surface area contributed by atoms with Gasteiger partial charge in [0.25, 0.3) is 0 Å². The van der Waals surface area contributed by atoms with E-state index in [9.17, 15) is 0 Å². The molecule has 0 radical (unpaired) electrons. The lowest BCUT2D eigenvalue weighted by Crippen LogP contribution is -2.18. The van der Waals surface area contributed by atoms with E-state index in [1.54, 1.807) is 12.5 Å². The highest BCUT2D eigenvalue weighted by Crippen LogP contribution is 2.17. The monoisotopic (exact) mass is 282 g/mol. The van der Waals surface area contributed by atoms with Crippen molar-refractivity contribution in [1.29, 1.82) is 0 Å². The van der Waals surface area contributed by atoms with Gasteiger partial charge >= 0.3 is 0 Å². The van der Waals surface area contributed by atoms with Gasteiger partial charge in [0.05, 0.1) is 24.3 Å². The minimum atomic E-state index is -0.106. The van der Waals surface area contributed by atoms with Gasteiger partial charge in [0.15, 0.2) is 0 Å². The molecule has 3 rings (SSSR count). The first kappa shape index (κ1) is 13.6. The summed E-state index contributed by atoms with van der Waals surface area (Å²) >= 11 is 0. The fourth-order valence-corrected chi connectivity index (χ4v) is 2.36. The average Bonchev–Trinajstić information content (AvgIpc) is 3.10. The maximum atomic E-state index is 6.32. The van der Waals surface area contributed by atoms with Gasteiger partial charge in [-0.05, 0) is 18.9 Å². The lowest BCUT2D eigenvalue weighted by molar-refractivity contribution is 0.451. The third-order valence-electron chi connectivity index (χ3n) is 3.40. The maximum Gasteiger partial charge on any atom is 0.214 e. The molecule has 0 bridgehead atoms. The van der Waals surface area contributed by atoms with Crippen molar-refractivity contribution in [1.82, 2.24) is 14.5 Å². The fourth-order valence-electron chi connectivity index (χ4n) is 2.36. The quantitative estimate of drug-likeness (QED) is 0.780. The minimum Gasteiger partial charge on any atom is -0.444 e. The molecule has 0 fully saturated rings. The van der Waals surface area contributed by atoms with Crippen molar-refractivity contribution in [2.75, 3.05) is 0 Å². The van der Waals surface area contributed by atoms with Crippen molar-refractivity contribution in [3.8, 4) is 0 Å². The summed E-state index contributed by atoms with van der Waals surface area (Å²) in [6, 6.07) is 10.1. The Labute approximate surface area is 123 Å². The SMILES string of the molecule is Cc1cnc(Cn2cncc2[C@H](N)Cc2ccccc2)o1. The first-order chi connectivity index (χ1) is 10.2. The molecule has 2 aromatic heterocycles. The molecule has 2 N–H and O–H groups in total. The van der Waals surface area contributed by atoms with E-state index in [1.165, 1.54) is 5.56 Å². The van der Waals surface area contributed by atoms with Crippen LogP contribution in [0.3, 0.4) is 0 Å². The number of oxazole rings is 1. The molecule has 0 spiro atoms. The first-order valence-electron chi connectivity index (χ1n) is 6.93.